The van der Waals surface area contributed by atoms with E-state index in [1.807, 2.05) is 60.7 Å². The number of ether oxygens (including phenoxy) is 1. The van der Waals surface area contributed by atoms with Gasteiger partial charge < -0.3 is 15.0 Å². The second kappa shape index (κ2) is 7.72. The van der Waals surface area contributed by atoms with Crippen LogP contribution in [0.1, 0.15) is 28.8 Å². The Morgan fingerprint density at radius 3 is 2.64 bits per heavy atom. The SMILES string of the molecule is COc1ccccc1CNC(=O)CCCN1C(=O)c2cccc3cccc1c23. The first-order valence-electron chi connectivity index (χ1n) is 9.41. The zero-order valence-corrected chi connectivity index (χ0v) is 15.8. The molecular weight excluding hydrogens is 352 g/mol. The minimum absolute atomic E-state index is 0.0150. The van der Waals surface area contributed by atoms with Crippen LogP contribution < -0.4 is 15.0 Å². The highest BCUT2D eigenvalue weighted by Crippen LogP contribution is 2.37. The maximum Gasteiger partial charge on any atom is 0.258 e. The molecule has 5 nitrogen and oxygen atoms in total. The molecule has 0 atom stereocenters. The number of hydrogen-bond donors (Lipinski definition) is 1. The summed E-state index contributed by atoms with van der Waals surface area (Å²) in [5, 5.41) is 5.00. The Morgan fingerprint density at radius 2 is 1.82 bits per heavy atom. The fraction of sp³-hybridized carbons (Fsp3) is 0.217. The van der Waals surface area contributed by atoms with Gasteiger partial charge in [-0.1, -0.05) is 42.5 Å². The Balaban J connectivity index is 1.34. The maximum atomic E-state index is 12.7. The highest BCUT2D eigenvalue weighted by molar-refractivity contribution is 6.25. The number of anilines is 1. The molecule has 0 saturated heterocycles. The number of nitrogens with one attached hydrogen (secondary N) is 1. The van der Waals surface area contributed by atoms with E-state index in [0.29, 0.717) is 25.9 Å². The number of carbonyl (C=O) groups is 2. The summed E-state index contributed by atoms with van der Waals surface area (Å²) in [6.07, 6.45) is 0.971. The van der Waals surface area contributed by atoms with Crippen LogP contribution in [-0.4, -0.2) is 25.5 Å². The molecule has 0 aromatic heterocycles. The summed E-state index contributed by atoms with van der Waals surface area (Å²) in [5.41, 5.74) is 2.62. The lowest BCUT2D eigenvalue weighted by atomic mass is 10.1. The molecule has 3 aromatic carbocycles. The van der Waals surface area contributed by atoms with E-state index in [2.05, 4.69) is 5.32 Å². The molecule has 1 aliphatic heterocycles. The molecular formula is C23H22N2O3. The van der Waals surface area contributed by atoms with Crippen molar-refractivity contribution >= 4 is 28.3 Å². The lowest BCUT2D eigenvalue weighted by Gasteiger charge is -2.17. The average molecular weight is 374 g/mol. The van der Waals surface area contributed by atoms with Gasteiger partial charge in [0.1, 0.15) is 5.75 Å². The number of methoxy groups -OCH3 is 1. The normalized spacial score (nSPS) is 12.5. The topological polar surface area (TPSA) is 58.6 Å². The van der Waals surface area contributed by atoms with Gasteiger partial charge in [0.05, 0.1) is 12.8 Å². The summed E-state index contributed by atoms with van der Waals surface area (Å²) < 4.78 is 5.30. The molecule has 0 aliphatic carbocycles. The van der Waals surface area contributed by atoms with Gasteiger partial charge >= 0.3 is 0 Å². The average Bonchev–Trinajstić information content (AvgIpc) is 3.00. The van der Waals surface area contributed by atoms with Crippen LogP contribution in [-0.2, 0) is 11.3 Å². The van der Waals surface area contributed by atoms with E-state index < -0.39 is 0 Å². The van der Waals surface area contributed by atoms with Crippen molar-refractivity contribution in [3.8, 4) is 5.75 Å². The van der Waals surface area contributed by atoms with Gasteiger partial charge in [0, 0.05) is 36.0 Å². The third kappa shape index (κ3) is 3.31. The van der Waals surface area contributed by atoms with Gasteiger partial charge in [-0.3, -0.25) is 9.59 Å². The Kier molecular flexibility index (Phi) is 4.98. The summed E-state index contributed by atoms with van der Waals surface area (Å²) in [4.78, 5) is 26.8. The second-order valence-corrected chi connectivity index (χ2v) is 6.83. The molecule has 28 heavy (non-hydrogen) atoms. The minimum atomic E-state index is -0.0340. The third-order valence-corrected chi connectivity index (χ3v) is 5.10. The molecule has 0 saturated carbocycles. The van der Waals surface area contributed by atoms with Gasteiger partial charge in [-0.15, -0.1) is 0 Å². The monoisotopic (exact) mass is 374 g/mol. The predicted molar refractivity (Wildman–Crippen MR) is 110 cm³/mol. The van der Waals surface area contributed by atoms with E-state index in [1.54, 1.807) is 12.0 Å². The molecule has 1 aliphatic rings. The molecule has 3 aromatic rings. The maximum absolute atomic E-state index is 12.7. The van der Waals surface area contributed by atoms with E-state index in [9.17, 15) is 9.59 Å². The highest BCUT2D eigenvalue weighted by Gasteiger charge is 2.28. The van der Waals surface area contributed by atoms with Crippen LogP contribution in [0.15, 0.2) is 60.7 Å². The molecule has 5 heteroatoms. The molecule has 4 rings (SSSR count). The van der Waals surface area contributed by atoms with Crippen molar-refractivity contribution < 1.29 is 14.3 Å². The molecule has 0 radical (unpaired) electrons. The summed E-state index contributed by atoms with van der Waals surface area (Å²) in [6, 6.07) is 19.4. The van der Waals surface area contributed by atoms with Crippen molar-refractivity contribution in [2.75, 3.05) is 18.6 Å². The van der Waals surface area contributed by atoms with E-state index in [4.69, 9.17) is 4.74 Å². The molecule has 142 valence electrons. The van der Waals surface area contributed by atoms with E-state index in [1.165, 1.54) is 0 Å². The van der Waals surface area contributed by atoms with Crippen LogP contribution in [0, 0.1) is 0 Å². The van der Waals surface area contributed by atoms with Gasteiger partial charge in [-0.05, 0) is 30.0 Å². The van der Waals surface area contributed by atoms with Gasteiger partial charge in [0.25, 0.3) is 5.91 Å². The molecule has 0 fully saturated rings. The van der Waals surface area contributed by atoms with Crippen LogP contribution in [0.3, 0.4) is 0 Å². The third-order valence-electron chi connectivity index (χ3n) is 5.10. The van der Waals surface area contributed by atoms with Crippen LogP contribution in [0.2, 0.25) is 0 Å². The molecule has 0 bridgehead atoms. The van der Waals surface area contributed by atoms with Crippen molar-refractivity contribution in [3.63, 3.8) is 0 Å². The summed E-state index contributed by atoms with van der Waals surface area (Å²) in [7, 11) is 1.62. The molecule has 1 N–H and O–H groups in total. The quantitative estimate of drug-likeness (QED) is 0.682. The number of nitrogens with zero attached hydrogens (tertiary/aromatic N) is 1. The van der Waals surface area contributed by atoms with Gasteiger partial charge in [-0.2, -0.15) is 0 Å². The fourth-order valence-corrected chi connectivity index (χ4v) is 3.73. The van der Waals surface area contributed by atoms with E-state index >= 15 is 0 Å². The van der Waals surface area contributed by atoms with Gasteiger partial charge in [0.15, 0.2) is 0 Å². The summed E-state index contributed by atoms with van der Waals surface area (Å²) in [6.45, 7) is 0.949. The lowest BCUT2D eigenvalue weighted by molar-refractivity contribution is -0.121. The standard InChI is InChI=1S/C23H22N2O3/c1-28-20-12-3-2-7-17(20)15-24-21(26)13-6-14-25-19-11-5-9-16-8-4-10-18(22(16)19)23(25)27/h2-5,7-12H,6,13-15H2,1H3,(H,24,26). The van der Waals surface area contributed by atoms with Crippen LogP contribution in [0.25, 0.3) is 10.8 Å². The Hall–Kier alpha value is -3.34. The first-order chi connectivity index (χ1) is 13.7. The second-order valence-electron chi connectivity index (χ2n) is 6.83. The number of hydrogen-bond acceptors (Lipinski definition) is 3. The van der Waals surface area contributed by atoms with Crippen molar-refractivity contribution in [1.82, 2.24) is 5.32 Å². The number of rotatable bonds is 7. The zero-order valence-electron chi connectivity index (χ0n) is 15.8. The van der Waals surface area contributed by atoms with Crippen LogP contribution in [0.4, 0.5) is 5.69 Å². The van der Waals surface area contributed by atoms with Crippen molar-refractivity contribution in [2.45, 2.75) is 19.4 Å². The first kappa shape index (κ1) is 18.0. The van der Waals surface area contributed by atoms with Crippen LogP contribution in [0.5, 0.6) is 5.75 Å². The highest BCUT2D eigenvalue weighted by atomic mass is 16.5. The van der Waals surface area contributed by atoms with Crippen molar-refractivity contribution in [2.24, 2.45) is 0 Å². The molecule has 0 spiro atoms. The van der Waals surface area contributed by atoms with Gasteiger partial charge in [0.2, 0.25) is 5.91 Å². The molecule has 0 unspecified atom stereocenters. The van der Waals surface area contributed by atoms with E-state index in [0.717, 1.165) is 33.3 Å². The number of para-hydroxylation sites is 1. The van der Waals surface area contributed by atoms with Crippen molar-refractivity contribution in [3.05, 3.63) is 71.8 Å². The minimum Gasteiger partial charge on any atom is -0.496 e. The number of benzene rings is 3. The lowest BCUT2D eigenvalue weighted by Crippen LogP contribution is -2.29. The molecule has 1 heterocycles. The van der Waals surface area contributed by atoms with E-state index in [-0.39, 0.29) is 11.8 Å². The van der Waals surface area contributed by atoms with Crippen molar-refractivity contribution in [1.29, 1.82) is 0 Å². The van der Waals surface area contributed by atoms with Gasteiger partial charge in [-0.25, -0.2) is 0 Å². The Morgan fingerprint density at radius 1 is 1.04 bits per heavy atom. The van der Waals surface area contributed by atoms with Crippen LogP contribution >= 0.6 is 0 Å². The Labute approximate surface area is 163 Å². The zero-order chi connectivity index (χ0) is 19.5. The predicted octanol–water partition coefficient (Wildman–Crippen LogP) is 3.91. The largest absolute Gasteiger partial charge is 0.496 e. The summed E-state index contributed by atoms with van der Waals surface area (Å²) >= 11 is 0. The summed E-state index contributed by atoms with van der Waals surface area (Å²) in [5.74, 6) is 0.742. The number of carbonyl (C=O) groups excluding carboxylic acids is 2. The molecule has 2 amide bonds. The first-order valence-corrected chi connectivity index (χ1v) is 9.41. The number of amides is 2. The smallest absolute Gasteiger partial charge is 0.258 e. The Bertz CT molecular complexity index is 1040. The fourth-order valence-electron chi connectivity index (χ4n) is 3.73.